The van der Waals surface area contributed by atoms with Gasteiger partial charge in [-0.25, -0.2) is 4.79 Å². The summed E-state index contributed by atoms with van der Waals surface area (Å²) in [5, 5.41) is 11.2. The molecule has 0 radical (unpaired) electrons. The van der Waals surface area contributed by atoms with Crippen LogP contribution < -0.4 is 15.0 Å². The van der Waals surface area contributed by atoms with Gasteiger partial charge in [0.25, 0.3) is 0 Å². The SMILES string of the molecule is O=C(O)C[C@H]1CC[C@H](c2ccc(-c3ccc4c(c3)OCCN4C(=O)Nc3c(Cl)cccc3C(F)(F)F)cc2)CC1. The molecule has 0 unspecified atom stereocenters. The van der Waals surface area contributed by atoms with Crippen molar-refractivity contribution in [2.24, 2.45) is 5.92 Å². The number of para-hydroxylation sites is 1. The second kappa shape index (κ2) is 11.4. The maximum Gasteiger partial charge on any atom is 0.418 e. The van der Waals surface area contributed by atoms with Gasteiger partial charge in [0.1, 0.15) is 12.4 Å². The number of nitrogens with one attached hydrogen (secondary N) is 1. The number of hydrogen-bond donors (Lipinski definition) is 2. The van der Waals surface area contributed by atoms with E-state index in [1.807, 2.05) is 24.3 Å². The number of rotatable bonds is 5. The summed E-state index contributed by atoms with van der Waals surface area (Å²) < 4.78 is 46.3. The predicted octanol–water partition coefficient (Wildman–Crippen LogP) is 8.21. The summed E-state index contributed by atoms with van der Waals surface area (Å²) >= 11 is 6.01. The lowest BCUT2D eigenvalue weighted by Crippen LogP contribution is -2.41. The van der Waals surface area contributed by atoms with Crippen molar-refractivity contribution in [1.82, 2.24) is 0 Å². The molecule has 0 aromatic heterocycles. The van der Waals surface area contributed by atoms with Crippen LogP contribution in [0.1, 0.15) is 49.1 Å². The second-order valence-corrected chi connectivity index (χ2v) is 10.6. The van der Waals surface area contributed by atoms with Crippen LogP contribution in [-0.2, 0) is 11.0 Å². The van der Waals surface area contributed by atoms with E-state index in [0.29, 0.717) is 17.4 Å². The van der Waals surface area contributed by atoms with Gasteiger partial charge in [0.05, 0.1) is 28.5 Å². The van der Waals surface area contributed by atoms with Crippen molar-refractivity contribution in [3.8, 4) is 16.9 Å². The molecule has 1 aliphatic carbocycles. The molecule has 2 aliphatic rings. The fourth-order valence-corrected chi connectivity index (χ4v) is 5.79. The van der Waals surface area contributed by atoms with Crippen LogP contribution in [0.3, 0.4) is 0 Å². The highest BCUT2D eigenvalue weighted by atomic mass is 35.5. The van der Waals surface area contributed by atoms with E-state index in [-0.39, 0.29) is 30.5 Å². The van der Waals surface area contributed by atoms with Gasteiger partial charge in [-0.1, -0.05) is 48.0 Å². The molecule has 10 heteroatoms. The zero-order valence-corrected chi connectivity index (χ0v) is 22.3. The predicted molar refractivity (Wildman–Crippen MR) is 147 cm³/mol. The van der Waals surface area contributed by atoms with Crippen LogP contribution in [0.2, 0.25) is 5.02 Å². The number of aliphatic carboxylic acids is 1. The Labute approximate surface area is 234 Å². The first-order valence-corrected chi connectivity index (χ1v) is 13.5. The summed E-state index contributed by atoms with van der Waals surface area (Å²) in [6.07, 6.45) is -0.667. The van der Waals surface area contributed by atoms with Gasteiger partial charge in [0.2, 0.25) is 0 Å². The Morgan fingerprint density at radius 2 is 1.70 bits per heavy atom. The highest BCUT2D eigenvalue weighted by molar-refractivity contribution is 6.34. The van der Waals surface area contributed by atoms with E-state index in [2.05, 4.69) is 17.4 Å². The first-order valence-electron chi connectivity index (χ1n) is 13.1. The van der Waals surface area contributed by atoms with Gasteiger partial charge in [-0.15, -0.1) is 0 Å². The number of amides is 2. The van der Waals surface area contributed by atoms with Gasteiger partial charge >= 0.3 is 18.2 Å². The first-order chi connectivity index (χ1) is 19.1. The van der Waals surface area contributed by atoms with E-state index in [0.717, 1.165) is 42.9 Å². The van der Waals surface area contributed by atoms with E-state index < -0.39 is 29.4 Å². The fourth-order valence-electron chi connectivity index (χ4n) is 5.57. The second-order valence-electron chi connectivity index (χ2n) is 10.2. The first kappa shape index (κ1) is 27.8. The average molecular weight is 573 g/mol. The Morgan fingerprint density at radius 1 is 1.00 bits per heavy atom. The number of benzene rings is 3. The molecule has 6 nitrogen and oxygen atoms in total. The molecular weight excluding hydrogens is 545 g/mol. The van der Waals surface area contributed by atoms with Crippen LogP contribution in [0.4, 0.5) is 29.3 Å². The molecule has 0 atom stereocenters. The third-order valence-corrected chi connectivity index (χ3v) is 7.96. The lowest BCUT2D eigenvalue weighted by Gasteiger charge is -2.30. The quantitative estimate of drug-likeness (QED) is 0.323. The molecule has 0 spiro atoms. The third kappa shape index (κ3) is 6.04. The number of alkyl halides is 3. The van der Waals surface area contributed by atoms with Crippen LogP contribution in [0, 0.1) is 5.92 Å². The molecule has 210 valence electrons. The average Bonchev–Trinajstić information content (AvgIpc) is 2.93. The van der Waals surface area contributed by atoms with E-state index in [1.54, 1.807) is 6.07 Å². The van der Waals surface area contributed by atoms with Crippen LogP contribution in [0.15, 0.2) is 60.7 Å². The molecule has 1 fully saturated rings. The summed E-state index contributed by atoms with van der Waals surface area (Å²) in [7, 11) is 0. The number of carbonyl (C=O) groups is 2. The van der Waals surface area contributed by atoms with Crippen molar-refractivity contribution in [1.29, 1.82) is 0 Å². The minimum atomic E-state index is -4.68. The number of halogens is 4. The Balaban J connectivity index is 1.30. The Morgan fingerprint density at radius 3 is 2.38 bits per heavy atom. The maximum atomic E-state index is 13.5. The maximum absolute atomic E-state index is 13.5. The number of hydrogen-bond acceptors (Lipinski definition) is 3. The van der Waals surface area contributed by atoms with E-state index in [9.17, 15) is 22.8 Å². The number of nitrogens with zero attached hydrogens (tertiary/aromatic N) is 1. The topological polar surface area (TPSA) is 78.9 Å². The normalized spacial score (nSPS) is 18.9. The Hall–Kier alpha value is -3.72. The number of fused-ring (bicyclic) bond motifs is 1. The van der Waals surface area contributed by atoms with Crippen molar-refractivity contribution in [3.05, 3.63) is 76.8 Å². The van der Waals surface area contributed by atoms with Crippen molar-refractivity contribution in [2.45, 2.75) is 44.2 Å². The van der Waals surface area contributed by atoms with Gasteiger partial charge in [-0.05, 0) is 78.5 Å². The van der Waals surface area contributed by atoms with Gasteiger partial charge < -0.3 is 15.2 Å². The molecule has 2 N–H and O–H groups in total. The summed E-state index contributed by atoms with van der Waals surface area (Å²) in [5.74, 6) is 0.382. The van der Waals surface area contributed by atoms with Crippen molar-refractivity contribution < 1.29 is 32.6 Å². The molecule has 40 heavy (non-hydrogen) atoms. The molecule has 2 amide bonds. The lowest BCUT2D eigenvalue weighted by atomic mass is 9.77. The molecular formula is C30H28ClF3N2O4. The molecule has 3 aromatic rings. The van der Waals surface area contributed by atoms with Gasteiger partial charge in [-0.2, -0.15) is 13.2 Å². The van der Waals surface area contributed by atoms with Crippen molar-refractivity contribution in [2.75, 3.05) is 23.4 Å². The van der Waals surface area contributed by atoms with Gasteiger partial charge in [0.15, 0.2) is 0 Å². The minimum Gasteiger partial charge on any atom is -0.490 e. The number of ether oxygens (including phenoxy) is 1. The molecule has 3 aromatic carbocycles. The zero-order chi connectivity index (χ0) is 28.4. The smallest absolute Gasteiger partial charge is 0.418 e. The van der Waals surface area contributed by atoms with Crippen LogP contribution >= 0.6 is 11.6 Å². The number of urea groups is 1. The van der Waals surface area contributed by atoms with Crippen LogP contribution in [-0.4, -0.2) is 30.3 Å². The third-order valence-electron chi connectivity index (χ3n) is 7.64. The lowest BCUT2D eigenvalue weighted by molar-refractivity contribution is -0.138. The van der Waals surface area contributed by atoms with Crippen molar-refractivity contribution in [3.63, 3.8) is 0 Å². The molecule has 0 bridgehead atoms. The number of carboxylic acid groups (broad SMARTS) is 1. The monoisotopic (exact) mass is 572 g/mol. The summed E-state index contributed by atoms with van der Waals surface area (Å²) in [6, 6.07) is 16.3. The Kier molecular flexibility index (Phi) is 7.94. The summed E-state index contributed by atoms with van der Waals surface area (Å²) in [5.41, 5.74) is 2.01. The molecule has 1 aliphatic heterocycles. The zero-order valence-electron chi connectivity index (χ0n) is 21.5. The van der Waals surface area contributed by atoms with E-state index in [4.69, 9.17) is 21.4 Å². The standard InChI is InChI=1S/C30H28ClF3N2O4/c31-24-3-1-2-23(30(32,33)34)28(24)35-29(39)36-14-15-40-26-17-22(12-13-25(26)36)21-10-8-20(9-11-21)19-6-4-18(5-7-19)16-27(37)38/h1-3,8-13,17-19H,4-7,14-16H2,(H,35,39)(H,37,38)/t18-,19-. The molecule has 0 saturated heterocycles. The molecule has 1 heterocycles. The van der Waals surface area contributed by atoms with Crippen molar-refractivity contribution >= 4 is 35.0 Å². The van der Waals surface area contributed by atoms with Gasteiger partial charge in [0, 0.05) is 6.42 Å². The molecule has 5 rings (SSSR count). The summed E-state index contributed by atoms with van der Waals surface area (Å²) in [4.78, 5) is 25.4. The fraction of sp³-hybridized carbons (Fsp3) is 0.333. The Bertz CT molecular complexity index is 1400. The summed E-state index contributed by atoms with van der Waals surface area (Å²) in [6.45, 7) is 0.343. The highest BCUT2D eigenvalue weighted by Gasteiger charge is 2.36. The van der Waals surface area contributed by atoms with E-state index in [1.165, 1.54) is 22.6 Å². The van der Waals surface area contributed by atoms with Crippen LogP contribution in [0.25, 0.3) is 11.1 Å². The number of carbonyl (C=O) groups excluding carboxylic acids is 1. The van der Waals surface area contributed by atoms with E-state index >= 15 is 0 Å². The number of carboxylic acids is 1. The molecule has 1 saturated carbocycles. The highest BCUT2D eigenvalue weighted by Crippen LogP contribution is 2.41. The van der Waals surface area contributed by atoms with Crippen LogP contribution in [0.5, 0.6) is 5.75 Å². The number of anilines is 2. The minimum absolute atomic E-state index is 0.160. The van der Waals surface area contributed by atoms with Gasteiger partial charge in [-0.3, -0.25) is 9.69 Å². The largest absolute Gasteiger partial charge is 0.490 e.